The molecule has 3 N–H and O–H groups in total. The van der Waals surface area contributed by atoms with Gasteiger partial charge >= 0.3 is 7.60 Å². The molecule has 34 heavy (non-hydrogen) atoms. The highest BCUT2D eigenvalue weighted by molar-refractivity contribution is 7.53. The van der Waals surface area contributed by atoms with Crippen LogP contribution in [0.3, 0.4) is 0 Å². The average Bonchev–Trinajstić information content (AvgIpc) is 2.73. The van der Waals surface area contributed by atoms with Crippen LogP contribution >= 0.6 is 7.60 Å². The Labute approximate surface area is 212 Å². The fraction of sp³-hybridized carbons (Fsp3) is 0.929. The van der Waals surface area contributed by atoms with Crippen LogP contribution in [0.5, 0.6) is 0 Å². The normalized spacial score (nSPS) is 14.7. The molecule has 0 saturated heterocycles. The van der Waals surface area contributed by atoms with Gasteiger partial charge in [0, 0.05) is 0 Å². The molecule has 0 heterocycles. The average molecular weight is 505 g/mol. The SMILES string of the molecule is CCCCCCCCCCCCCCC/C=C\CCCCCCC(O)(C[N+](C)(C)C)P(=O)(O)O. The molecule has 204 valence electrons. The number of quaternary nitrogens is 1. The summed E-state index contributed by atoms with van der Waals surface area (Å²) in [6.07, 6.45) is 28.8. The van der Waals surface area contributed by atoms with Gasteiger partial charge in [-0.25, -0.2) is 0 Å². The van der Waals surface area contributed by atoms with Gasteiger partial charge in [0.1, 0.15) is 6.54 Å². The number of rotatable bonds is 24. The van der Waals surface area contributed by atoms with E-state index in [0.29, 0.717) is 10.9 Å². The zero-order valence-electron chi connectivity index (χ0n) is 23.1. The van der Waals surface area contributed by atoms with Crippen molar-refractivity contribution in [1.82, 2.24) is 0 Å². The summed E-state index contributed by atoms with van der Waals surface area (Å²) in [6, 6.07) is 0. The summed E-state index contributed by atoms with van der Waals surface area (Å²) >= 11 is 0. The summed E-state index contributed by atoms with van der Waals surface area (Å²) in [7, 11) is 0.963. The highest BCUT2D eigenvalue weighted by Gasteiger charge is 2.48. The van der Waals surface area contributed by atoms with E-state index in [-0.39, 0.29) is 13.0 Å². The lowest BCUT2D eigenvalue weighted by Gasteiger charge is -2.35. The zero-order chi connectivity index (χ0) is 25.8. The van der Waals surface area contributed by atoms with Crippen LogP contribution in [0.2, 0.25) is 0 Å². The molecule has 0 amide bonds. The molecule has 0 spiro atoms. The van der Waals surface area contributed by atoms with E-state index in [1.165, 1.54) is 89.9 Å². The van der Waals surface area contributed by atoms with Gasteiger partial charge in [0.05, 0.1) is 21.1 Å². The molecule has 0 aromatic heterocycles. The van der Waals surface area contributed by atoms with Crippen molar-refractivity contribution >= 4 is 7.60 Å². The Morgan fingerprint density at radius 3 is 1.35 bits per heavy atom. The summed E-state index contributed by atoms with van der Waals surface area (Å²) in [5.74, 6) is 0. The fourth-order valence-corrected chi connectivity index (χ4v) is 5.67. The summed E-state index contributed by atoms with van der Waals surface area (Å²) in [5, 5.41) is 8.63. The van der Waals surface area contributed by atoms with Crippen molar-refractivity contribution in [3.63, 3.8) is 0 Å². The third-order valence-corrected chi connectivity index (χ3v) is 8.06. The first-order valence-corrected chi connectivity index (χ1v) is 15.9. The van der Waals surface area contributed by atoms with Crippen LogP contribution in [0.1, 0.15) is 135 Å². The topological polar surface area (TPSA) is 77.8 Å². The van der Waals surface area contributed by atoms with Crippen LogP contribution in [0, 0.1) is 0 Å². The summed E-state index contributed by atoms with van der Waals surface area (Å²) in [5.41, 5.74) is 0. The van der Waals surface area contributed by atoms with Crippen molar-refractivity contribution in [2.75, 3.05) is 27.7 Å². The van der Waals surface area contributed by atoms with E-state index >= 15 is 0 Å². The molecule has 0 radical (unpaired) electrons. The van der Waals surface area contributed by atoms with Crippen molar-refractivity contribution in [2.24, 2.45) is 0 Å². The third kappa shape index (κ3) is 20.0. The Hall–Kier alpha value is -0.190. The second-order valence-electron chi connectivity index (χ2n) is 11.4. The molecular weight excluding hydrogens is 445 g/mol. The predicted octanol–water partition coefficient (Wildman–Crippen LogP) is 7.94. The smallest absolute Gasteiger partial charge is 0.362 e. The van der Waals surface area contributed by atoms with Crippen molar-refractivity contribution in [3.8, 4) is 0 Å². The van der Waals surface area contributed by atoms with E-state index in [0.717, 1.165) is 25.7 Å². The van der Waals surface area contributed by atoms with E-state index < -0.39 is 12.9 Å². The number of nitrogens with zero attached hydrogens (tertiary/aromatic N) is 1. The molecule has 0 aromatic carbocycles. The van der Waals surface area contributed by atoms with Crippen molar-refractivity contribution in [3.05, 3.63) is 12.2 Å². The van der Waals surface area contributed by atoms with Crippen LogP contribution in [-0.4, -0.2) is 52.4 Å². The Kier molecular flexibility index (Phi) is 19.8. The molecule has 0 aliphatic heterocycles. The van der Waals surface area contributed by atoms with Crippen LogP contribution in [-0.2, 0) is 4.57 Å². The molecular formula is C28H59NO4P+. The van der Waals surface area contributed by atoms with E-state index in [9.17, 15) is 19.5 Å². The maximum absolute atomic E-state index is 11.8. The van der Waals surface area contributed by atoms with E-state index in [1.54, 1.807) is 0 Å². The maximum Gasteiger partial charge on any atom is 0.362 e. The van der Waals surface area contributed by atoms with Gasteiger partial charge in [-0.3, -0.25) is 4.57 Å². The monoisotopic (exact) mass is 504 g/mol. The number of likely N-dealkylation sites (N-methyl/N-ethyl adjacent to an activating group) is 1. The lowest BCUT2D eigenvalue weighted by Crippen LogP contribution is -2.49. The van der Waals surface area contributed by atoms with Crippen molar-refractivity contribution < 1.29 is 23.9 Å². The van der Waals surface area contributed by atoms with Crippen LogP contribution in [0.15, 0.2) is 12.2 Å². The van der Waals surface area contributed by atoms with E-state index in [1.807, 2.05) is 21.1 Å². The van der Waals surface area contributed by atoms with Crippen molar-refractivity contribution in [2.45, 2.75) is 141 Å². The molecule has 0 bridgehead atoms. The van der Waals surface area contributed by atoms with E-state index in [2.05, 4.69) is 19.1 Å². The minimum atomic E-state index is -4.55. The summed E-state index contributed by atoms with van der Waals surface area (Å²) in [4.78, 5) is 19.2. The van der Waals surface area contributed by atoms with Crippen LogP contribution in [0.25, 0.3) is 0 Å². The lowest BCUT2D eigenvalue weighted by molar-refractivity contribution is -0.875. The van der Waals surface area contributed by atoms with Crippen LogP contribution in [0.4, 0.5) is 0 Å². The summed E-state index contributed by atoms with van der Waals surface area (Å²) < 4.78 is 12.1. The Bertz CT molecular complexity index is 541. The molecule has 6 heteroatoms. The predicted molar refractivity (Wildman–Crippen MR) is 147 cm³/mol. The molecule has 0 aromatic rings. The second kappa shape index (κ2) is 19.9. The number of allylic oxidation sites excluding steroid dienone is 2. The number of hydrogen-bond donors (Lipinski definition) is 3. The van der Waals surface area contributed by atoms with Gasteiger partial charge in [-0.2, -0.15) is 0 Å². The second-order valence-corrected chi connectivity index (χ2v) is 13.4. The molecule has 0 saturated carbocycles. The third-order valence-electron chi connectivity index (χ3n) is 6.61. The molecule has 0 aliphatic rings. The first-order chi connectivity index (χ1) is 16.0. The number of hydrogen-bond acceptors (Lipinski definition) is 2. The Morgan fingerprint density at radius 1 is 0.647 bits per heavy atom. The quantitative estimate of drug-likeness (QED) is 0.0539. The van der Waals surface area contributed by atoms with Gasteiger partial charge in [-0.15, -0.1) is 0 Å². The highest BCUT2D eigenvalue weighted by Crippen LogP contribution is 2.52. The minimum Gasteiger partial charge on any atom is -0.373 e. The number of unbranched alkanes of at least 4 members (excludes halogenated alkanes) is 17. The number of aliphatic hydroxyl groups is 1. The molecule has 5 nitrogen and oxygen atoms in total. The molecule has 1 unspecified atom stereocenters. The van der Waals surface area contributed by atoms with Gasteiger partial charge in [-0.1, -0.05) is 109 Å². The standard InChI is InChI=1S/C28H58NO4P/c1-5-6-7-8-9-10-11-12-13-14-15-16-17-18-19-20-21-22-23-24-25-26-28(30,34(31,32)33)27-29(2,3)4/h19-20,30H,5-18,21-27H2,1-4H3,(H-,31,32,33)/p+1/b20-19-. The highest BCUT2D eigenvalue weighted by atomic mass is 31.2. The Morgan fingerprint density at radius 2 is 1.00 bits per heavy atom. The fourth-order valence-electron chi connectivity index (χ4n) is 4.62. The van der Waals surface area contributed by atoms with Gasteiger partial charge < -0.3 is 19.4 Å². The Balaban J connectivity index is 3.56. The first kappa shape index (κ1) is 33.8. The molecule has 0 aliphatic carbocycles. The van der Waals surface area contributed by atoms with Gasteiger partial charge in [0.2, 0.25) is 5.34 Å². The van der Waals surface area contributed by atoms with E-state index in [4.69, 9.17) is 0 Å². The van der Waals surface area contributed by atoms with Crippen molar-refractivity contribution in [1.29, 1.82) is 0 Å². The van der Waals surface area contributed by atoms with Gasteiger partial charge in [0.25, 0.3) is 0 Å². The van der Waals surface area contributed by atoms with Gasteiger partial charge in [0.15, 0.2) is 0 Å². The molecule has 1 atom stereocenters. The molecule has 0 fully saturated rings. The van der Waals surface area contributed by atoms with Crippen LogP contribution < -0.4 is 0 Å². The summed E-state index contributed by atoms with van der Waals surface area (Å²) in [6.45, 7) is 2.33. The lowest BCUT2D eigenvalue weighted by atomic mass is 10.0. The largest absolute Gasteiger partial charge is 0.373 e. The zero-order valence-corrected chi connectivity index (χ0v) is 24.0. The molecule has 0 rings (SSSR count). The maximum atomic E-state index is 11.8. The first-order valence-electron chi connectivity index (χ1n) is 14.3. The van der Waals surface area contributed by atoms with Gasteiger partial charge in [-0.05, 0) is 38.5 Å². The minimum absolute atomic E-state index is 0.0548.